The van der Waals surface area contributed by atoms with E-state index in [1.165, 1.54) is 7.11 Å². The van der Waals surface area contributed by atoms with Crippen LogP contribution in [0.25, 0.3) is 0 Å². The van der Waals surface area contributed by atoms with Crippen LogP contribution < -0.4 is 20.5 Å². The predicted molar refractivity (Wildman–Crippen MR) is 87.4 cm³/mol. The lowest BCUT2D eigenvalue weighted by Crippen LogP contribution is -2.21. The maximum Gasteiger partial charge on any atom is 0.262 e. The molecule has 0 bridgehead atoms. The molecule has 0 atom stereocenters. The first kappa shape index (κ1) is 15.7. The van der Waals surface area contributed by atoms with Crippen molar-refractivity contribution in [3.8, 4) is 11.5 Å². The molecule has 5 nitrogen and oxygen atoms in total. The molecule has 2 rings (SSSR count). The number of nitrogens with two attached hydrogens (primary N) is 1. The van der Waals surface area contributed by atoms with Gasteiger partial charge in [0.15, 0.2) is 6.61 Å². The number of carbonyl (C=O) groups is 1. The molecule has 2 aromatic rings. The third-order valence-electron chi connectivity index (χ3n) is 3.26. The van der Waals surface area contributed by atoms with Crippen molar-refractivity contribution in [2.45, 2.75) is 13.8 Å². The SMILES string of the molecule is COc1cc(N)ccc1NC(=O)COc1c(C)cccc1C. The molecule has 5 heteroatoms. The van der Waals surface area contributed by atoms with E-state index in [2.05, 4.69) is 5.32 Å². The van der Waals surface area contributed by atoms with Gasteiger partial charge in [-0.25, -0.2) is 0 Å². The smallest absolute Gasteiger partial charge is 0.262 e. The molecule has 0 aliphatic rings. The fourth-order valence-corrected chi connectivity index (χ4v) is 2.16. The van der Waals surface area contributed by atoms with Crippen molar-refractivity contribution in [3.63, 3.8) is 0 Å². The van der Waals surface area contributed by atoms with Gasteiger partial charge in [0.1, 0.15) is 11.5 Å². The molecule has 0 aliphatic carbocycles. The second-order valence-corrected chi connectivity index (χ2v) is 5.02. The Bertz CT molecular complexity index is 663. The Kier molecular flexibility index (Phi) is 4.88. The summed E-state index contributed by atoms with van der Waals surface area (Å²) in [5.41, 5.74) is 8.81. The van der Waals surface area contributed by atoms with E-state index >= 15 is 0 Å². The maximum absolute atomic E-state index is 12.0. The van der Waals surface area contributed by atoms with Crippen LogP contribution in [-0.4, -0.2) is 19.6 Å². The van der Waals surface area contributed by atoms with Crippen LogP contribution in [0.5, 0.6) is 11.5 Å². The zero-order valence-electron chi connectivity index (χ0n) is 13.0. The van der Waals surface area contributed by atoms with Gasteiger partial charge in [0.05, 0.1) is 12.8 Å². The average Bonchev–Trinajstić information content (AvgIpc) is 2.48. The first-order valence-corrected chi connectivity index (χ1v) is 6.93. The number of benzene rings is 2. The second kappa shape index (κ2) is 6.85. The van der Waals surface area contributed by atoms with Crippen LogP contribution >= 0.6 is 0 Å². The molecule has 2 aromatic carbocycles. The Balaban J connectivity index is 2.02. The van der Waals surface area contributed by atoms with Gasteiger partial charge in [0.25, 0.3) is 5.91 Å². The van der Waals surface area contributed by atoms with E-state index in [1.807, 2.05) is 32.0 Å². The van der Waals surface area contributed by atoms with E-state index in [4.69, 9.17) is 15.2 Å². The number of amides is 1. The Morgan fingerprint density at radius 2 is 1.86 bits per heavy atom. The maximum atomic E-state index is 12.0. The summed E-state index contributed by atoms with van der Waals surface area (Å²) in [4.78, 5) is 12.0. The zero-order chi connectivity index (χ0) is 16.1. The van der Waals surface area contributed by atoms with E-state index in [0.717, 1.165) is 16.9 Å². The summed E-state index contributed by atoms with van der Waals surface area (Å²) >= 11 is 0. The Morgan fingerprint density at radius 1 is 1.18 bits per heavy atom. The van der Waals surface area contributed by atoms with Crippen LogP contribution in [0.3, 0.4) is 0 Å². The fourth-order valence-electron chi connectivity index (χ4n) is 2.16. The van der Waals surface area contributed by atoms with E-state index in [1.54, 1.807) is 18.2 Å². The third-order valence-corrected chi connectivity index (χ3v) is 3.26. The van der Waals surface area contributed by atoms with Crippen LogP contribution in [0.4, 0.5) is 11.4 Å². The molecule has 0 fully saturated rings. The molecule has 0 saturated carbocycles. The van der Waals surface area contributed by atoms with Gasteiger partial charge in [-0.15, -0.1) is 0 Å². The number of nitrogens with one attached hydrogen (secondary N) is 1. The summed E-state index contributed by atoms with van der Waals surface area (Å²) in [5, 5.41) is 2.75. The highest BCUT2D eigenvalue weighted by Crippen LogP contribution is 2.27. The van der Waals surface area contributed by atoms with Crippen LogP contribution in [0, 0.1) is 13.8 Å². The molecule has 0 radical (unpaired) electrons. The van der Waals surface area contributed by atoms with Crippen LogP contribution in [0.15, 0.2) is 36.4 Å². The number of carbonyl (C=O) groups excluding carboxylic acids is 1. The summed E-state index contributed by atoms with van der Waals surface area (Å²) in [6.45, 7) is 3.83. The molecule has 0 saturated heterocycles. The first-order valence-electron chi connectivity index (χ1n) is 6.93. The number of nitrogen functional groups attached to an aromatic ring is 1. The minimum Gasteiger partial charge on any atom is -0.494 e. The fraction of sp³-hybridized carbons (Fsp3) is 0.235. The number of para-hydroxylation sites is 1. The quantitative estimate of drug-likeness (QED) is 0.833. The monoisotopic (exact) mass is 300 g/mol. The number of rotatable bonds is 5. The van der Waals surface area contributed by atoms with E-state index in [-0.39, 0.29) is 12.5 Å². The third kappa shape index (κ3) is 3.69. The van der Waals surface area contributed by atoms with Crippen molar-refractivity contribution in [3.05, 3.63) is 47.5 Å². The largest absolute Gasteiger partial charge is 0.494 e. The van der Waals surface area contributed by atoms with Gasteiger partial charge in [-0.3, -0.25) is 4.79 Å². The lowest BCUT2D eigenvalue weighted by molar-refractivity contribution is -0.118. The Labute approximate surface area is 130 Å². The molecule has 3 N–H and O–H groups in total. The molecule has 0 spiro atoms. The summed E-state index contributed by atoms with van der Waals surface area (Å²) in [7, 11) is 1.53. The molecule has 0 heterocycles. The van der Waals surface area contributed by atoms with Gasteiger partial charge in [-0.05, 0) is 37.1 Å². The van der Waals surface area contributed by atoms with Crippen molar-refractivity contribution >= 4 is 17.3 Å². The van der Waals surface area contributed by atoms with E-state index in [9.17, 15) is 4.79 Å². The minimum absolute atomic E-state index is 0.0702. The molecular weight excluding hydrogens is 280 g/mol. The van der Waals surface area contributed by atoms with E-state index < -0.39 is 0 Å². The number of hydrogen-bond acceptors (Lipinski definition) is 4. The van der Waals surface area contributed by atoms with E-state index in [0.29, 0.717) is 17.1 Å². The molecular formula is C17H20N2O3. The highest BCUT2D eigenvalue weighted by atomic mass is 16.5. The topological polar surface area (TPSA) is 73.6 Å². The molecule has 0 aliphatic heterocycles. The van der Waals surface area contributed by atoms with Gasteiger partial charge in [0.2, 0.25) is 0 Å². The van der Waals surface area contributed by atoms with Gasteiger partial charge >= 0.3 is 0 Å². The number of aryl methyl sites for hydroxylation is 2. The lowest BCUT2D eigenvalue weighted by atomic mass is 10.1. The van der Waals surface area contributed by atoms with Crippen LogP contribution in [0.2, 0.25) is 0 Å². The summed E-state index contributed by atoms with van der Waals surface area (Å²) in [6.07, 6.45) is 0. The molecule has 22 heavy (non-hydrogen) atoms. The molecule has 1 amide bonds. The van der Waals surface area contributed by atoms with Crippen LogP contribution in [0.1, 0.15) is 11.1 Å². The van der Waals surface area contributed by atoms with Gasteiger partial charge in [-0.1, -0.05) is 18.2 Å². The Morgan fingerprint density at radius 3 is 2.50 bits per heavy atom. The lowest BCUT2D eigenvalue weighted by Gasteiger charge is -2.13. The molecule has 116 valence electrons. The van der Waals surface area contributed by atoms with Crippen molar-refractivity contribution in [2.75, 3.05) is 24.8 Å². The van der Waals surface area contributed by atoms with Gasteiger partial charge < -0.3 is 20.5 Å². The second-order valence-electron chi connectivity index (χ2n) is 5.02. The highest BCUT2D eigenvalue weighted by molar-refractivity contribution is 5.93. The standard InChI is InChI=1S/C17H20N2O3/c1-11-5-4-6-12(2)17(11)22-10-16(20)19-14-8-7-13(18)9-15(14)21-3/h4-9H,10,18H2,1-3H3,(H,19,20). The first-order chi connectivity index (χ1) is 10.5. The Hall–Kier alpha value is -2.69. The average molecular weight is 300 g/mol. The summed E-state index contributed by atoms with van der Waals surface area (Å²) in [5.74, 6) is 0.994. The zero-order valence-corrected chi connectivity index (χ0v) is 13.0. The number of methoxy groups -OCH3 is 1. The van der Waals surface area contributed by atoms with Crippen molar-refractivity contribution in [2.24, 2.45) is 0 Å². The molecule has 0 aromatic heterocycles. The molecule has 0 unspecified atom stereocenters. The number of anilines is 2. The summed E-state index contributed by atoms with van der Waals surface area (Å²) in [6, 6.07) is 10.9. The van der Waals surface area contributed by atoms with Crippen LogP contribution in [-0.2, 0) is 4.79 Å². The minimum atomic E-state index is -0.259. The van der Waals surface area contributed by atoms with Crippen molar-refractivity contribution in [1.82, 2.24) is 0 Å². The van der Waals surface area contributed by atoms with Gasteiger partial charge in [0, 0.05) is 11.8 Å². The van der Waals surface area contributed by atoms with Crippen molar-refractivity contribution in [1.29, 1.82) is 0 Å². The predicted octanol–water partition coefficient (Wildman–Crippen LogP) is 2.91. The summed E-state index contributed by atoms with van der Waals surface area (Å²) < 4.78 is 10.8. The van der Waals surface area contributed by atoms with Crippen molar-refractivity contribution < 1.29 is 14.3 Å². The van der Waals surface area contributed by atoms with Gasteiger partial charge in [-0.2, -0.15) is 0 Å². The highest BCUT2D eigenvalue weighted by Gasteiger charge is 2.10. The number of ether oxygens (including phenoxy) is 2. The number of hydrogen-bond donors (Lipinski definition) is 2. The normalized spacial score (nSPS) is 10.1.